The standard InChI is InChI=1S/C46H28N2O/c1-3-17-39-36(14-1)37-15-2-4-18-40(37)45-44(39)47-28-42(48-45)34-13-8-11-32(27-34)30-24-22-29(23-25-30)31-10-7-12-33(26-31)35-19-9-20-41-38-16-5-6-21-43(38)49-46(35)41/h1-28H. The normalized spacial score (nSPS) is 11.7. The van der Waals surface area contributed by atoms with Crippen molar-refractivity contribution in [1.82, 2.24) is 9.97 Å². The molecule has 0 unspecified atom stereocenters. The molecule has 0 fully saturated rings. The quantitative estimate of drug-likeness (QED) is 0.183. The molecule has 2 aromatic heterocycles. The lowest BCUT2D eigenvalue weighted by Crippen LogP contribution is -1.92. The first-order valence-electron chi connectivity index (χ1n) is 16.6. The summed E-state index contributed by atoms with van der Waals surface area (Å²) in [6, 6.07) is 57.7. The summed E-state index contributed by atoms with van der Waals surface area (Å²) in [4.78, 5) is 10.2. The minimum atomic E-state index is 0.864. The van der Waals surface area contributed by atoms with Crippen LogP contribution in [0.3, 0.4) is 0 Å². The van der Waals surface area contributed by atoms with E-state index in [4.69, 9.17) is 14.4 Å². The second kappa shape index (κ2) is 11.0. The monoisotopic (exact) mass is 624 g/mol. The van der Waals surface area contributed by atoms with Gasteiger partial charge in [-0.05, 0) is 56.8 Å². The fraction of sp³-hybridized carbons (Fsp3) is 0. The molecule has 2 heterocycles. The van der Waals surface area contributed by atoms with Gasteiger partial charge >= 0.3 is 0 Å². The highest BCUT2D eigenvalue weighted by Crippen LogP contribution is 2.38. The number of rotatable bonds is 4. The van der Waals surface area contributed by atoms with Crippen LogP contribution in [0.2, 0.25) is 0 Å². The largest absolute Gasteiger partial charge is 0.455 e. The van der Waals surface area contributed by atoms with Gasteiger partial charge < -0.3 is 4.42 Å². The van der Waals surface area contributed by atoms with E-state index in [1.54, 1.807) is 0 Å². The molecule has 0 aliphatic rings. The van der Waals surface area contributed by atoms with Gasteiger partial charge in [0.2, 0.25) is 0 Å². The predicted molar refractivity (Wildman–Crippen MR) is 204 cm³/mol. The Morgan fingerprint density at radius 2 is 0.898 bits per heavy atom. The van der Waals surface area contributed by atoms with Gasteiger partial charge in [0.15, 0.2) is 0 Å². The maximum absolute atomic E-state index is 6.34. The maximum Gasteiger partial charge on any atom is 0.143 e. The Morgan fingerprint density at radius 3 is 1.61 bits per heavy atom. The maximum atomic E-state index is 6.34. The number of nitrogens with zero attached hydrogens (tertiary/aromatic N) is 2. The van der Waals surface area contributed by atoms with E-state index in [1.165, 1.54) is 10.8 Å². The minimum absolute atomic E-state index is 0.864. The number of hydrogen-bond donors (Lipinski definition) is 0. The van der Waals surface area contributed by atoms with Crippen molar-refractivity contribution in [3.63, 3.8) is 0 Å². The van der Waals surface area contributed by atoms with E-state index in [1.807, 2.05) is 18.3 Å². The summed E-state index contributed by atoms with van der Waals surface area (Å²) >= 11 is 0. The zero-order valence-electron chi connectivity index (χ0n) is 26.5. The molecule has 0 spiro atoms. The topological polar surface area (TPSA) is 38.9 Å². The Hall–Kier alpha value is -6.58. The molecule has 0 N–H and O–H groups in total. The zero-order valence-corrected chi connectivity index (χ0v) is 26.5. The fourth-order valence-electron chi connectivity index (χ4n) is 7.32. The van der Waals surface area contributed by atoms with E-state index in [9.17, 15) is 0 Å². The van der Waals surface area contributed by atoms with E-state index in [2.05, 4.69) is 152 Å². The van der Waals surface area contributed by atoms with Crippen molar-refractivity contribution < 1.29 is 4.42 Å². The second-order valence-corrected chi connectivity index (χ2v) is 12.6. The van der Waals surface area contributed by atoms with Gasteiger partial charge in [-0.2, -0.15) is 0 Å². The SMILES string of the molecule is c1cc(-c2ccc(-c3cccc(-c4cccc5c4oc4ccccc45)c3)cc2)cc(-c2cnc3c4ccccc4c4ccccc4c3n2)c1. The van der Waals surface area contributed by atoms with Gasteiger partial charge in [0.05, 0.1) is 22.9 Å². The Balaban J connectivity index is 0.995. The third kappa shape index (κ3) is 4.51. The van der Waals surface area contributed by atoms with Crippen molar-refractivity contribution in [2.45, 2.75) is 0 Å². The summed E-state index contributed by atoms with van der Waals surface area (Å²) in [5.74, 6) is 0. The van der Waals surface area contributed by atoms with Crippen LogP contribution in [-0.2, 0) is 0 Å². The Bertz CT molecular complexity index is 2850. The minimum Gasteiger partial charge on any atom is -0.455 e. The Kier molecular flexibility index (Phi) is 6.18. The number of aromatic nitrogens is 2. The molecule has 228 valence electrons. The van der Waals surface area contributed by atoms with Gasteiger partial charge in [-0.15, -0.1) is 0 Å². The van der Waals surface area contributed by atoms with Gasteiger partial charge in [-0.1, -0.05) is 146 Å². The van der Waals surface area contributed by atoms with Crippen LogP contribution in [0.5, 0.6) is 0 Å². The molecule has 0 amide bonds. The second-order valence-electron chi connectivity index (χ2n) is 12.6. The van der Waals surface area contributed by atoms with Gasteiger partial charge in [-0.25, -0.2) is 4.98 Å². The molecule has 0 radical (unpaired) electrons. The highest BCUT2D eigenvalue weighted by molar-refractivity contribution is 6.23. The molecule has 10 aromatic rings. The number of furan rings is 1. The van der Waals surface area contributed by atoms with Crippen LogP contribution in [-0.4, -0.2) is 9.97 Å². The van der Waals surface area contributed by atoms with Crippen molar-refractivity contribution in [3.8, 4) is 44.6 Å². The number of para-hydroxylation sites is 2. The fourth-order valence-corrected chi connectivity index (χ4v) is 7.32. The average molecular weight is 625 g/mol. The molecule has 0 saturated heterocycles. The molecule has 8 aromatic carbocycles. The van der Waals surface area contributed by atoms with Crippen molar-refractivity contribution in [2.75, 3.05) is 0 Å². The molecule has 0 aliphatic heterocycles. The molecular formula is C46H28N2O. The van der Waals surface area contributed by atoms with Crippen LogP contribution < -0.4 is 0 Å². The highest BCUT2D eigenvalue weighted by atomic mass is 16.3. The third-order valence-corrected chi connectivity index (χ3v) is 9.71. The first kappa shape index (κ1) is 27.5. The van der Waals surface area contributed by atoms with Crippen LogP contribution in [0.25, 0.3) is 99.2 Å². The summed E-state index contributed by atoms with van der Waals surface area (Å²) in [6.07, 6.45) is 1.91. The lowest BCUT2D eigenvalue weighted by molar-refractivity contribution is 0.670. The van der Waals surface area contributed by atoms with Gasteiger partial charge in [0.25, 0.3) is 0 Å². The summed E-state index contributed by atoms with van der Waals surface area (Å²) in [5.41, 5.74) is 12.5. The molecule has 0 aliphatic carbocycles. The number of benzene rings is 8. The Labute approximate surface area is 282 Å². The predicted octanol–water partition coefficient (Wildman–Crippen LogP) is 12.5. The van der Waals surface area contributed by atoms with Crippen LogP contribution in [0.15, 0.2) is 174 Å². The van der Waals surface area contributed by atoms with Crippen molar-refractivity contribution in [2.24, 2.45) is 0 Å². The molecule has 3 nitrogen and oxygen atoms in total. The number of hydrogen-bond acceptors (Lipinski definition) is 3. The first-order valence-corrected chi connectivity index (χ1v) is 16.6. The average Bonchev–Trinajstić information content (AvgIpc) is 3.57. The van der Waals surface area contributed by atoms with E-state index in [0.29, 0.717) is 0 Å². The summed E-state index contributed by atoms with van der Waals surface area (Å²) in [7, 11) is 0. The van der Waals surface area contributed by atoms with Crippen LogP contribution >= 0.6 is 0 Å². The highest BCUT2D eigenvalue weighted by Gasteiger charge is 2.14. The van der Waals surface area contributed by atoms with Gasteiger partial charge in [0.1, 0.15) is 11.2 Å². The molecule has 10 rings (SSSR count). The number of fused-ring (bicyclic) bond motifs is 9. The first-order chi connectivity index (χ1) is 24.3. The molecular weight excluding hydrogens is 597 g/mol. The van der Waals surface area contributed by atoms with E-state index < -0.39 is 0 Å². The van der Waals surface area contributed by atoms with Gasteiger partial charge in [0, 0.05) is 32.7 Å². The van der Waals surface area contributed by atoms with Crippen LogP contribution in [0.4, 0.5) is 0 Å². The molecule has 0 atom stereocenters. The summed E-state index contributed by atoms with van der Waals surface area (Å²) in [6.45, 7) is 0. The summed E-state index contributed by atoms with van der Waals surface area (Å²) in [5, 5.41) is 6.93. The smallest absolute Gasteiger partial charge is 0.143 e. The Morgan fingerprint density at radius 1 is 0.367 bits per heavy atom. The molecule has 49 heavy (non-hydrogen) atoms. The molecule has 0 bridgehead atoms. The van der Waals surface area contributed by atoms with Crippen LogP contribution in [0.1, 0.15) is 0 Å². The van der Waals surface area contributed by atoms with Crippen molar-refractivity contribution in [1.29, 1.82) is 0 Å². The van der Waals surface area contributed by atoms with Crippen molar-refractivity contribution >= 4 is 54.5 Å². The molecule has 3 heteroatoms. The van der Waals surface area contributed by atoms with Crippen LogP contribution in [0, 0.1) is 0 Å². The van der Waals surface area contributed by atoms with E-state index in [0.717, 1.165) is 88.4 Å². The summed E-state index contributed by atoms with van der Waals surface area (Å²) < 4.78 is 6.34. The van der Waals surface area contributed by atoms with E-state index >= 15 is 0 Å². The van der Waals surface area contributed by atoms with Crippen molar-refractivity contribution in [3.05, 3.63) is 170 Å². The van der Waals surface area contributed by atoms with Gasteiger partial charge in [-0.3, -0.25) is 4.98 Å². The molecule has 0 saturated carbocycles. The lowest BCUT2D eigenvalue weighted by atomic mass is 9.95. The third-order valence-electron chi connectivity index (χ3n) is 9.71. The zero-order chi connectivity index (χ0) is 32.3. The van der Waals surface area contributed by atoms with E-state index in [-0.39, 0.29) is 0 Å². The lowest BCUT2D eigenvalue weighted by Gasteiger charge is -2.11.